The van der Waals surface area contributed by atoms with E-state index in [1.807, 2.05) is 6.07 Å². The molecule has 4 rings (SSSR count). The molecule has 0 amide bonds. The van der Waals surface area contributed by atoms with Crippen LogP contribution in [0.15, 0.2) is 58.3 Å². The molecule has 0 bridgehead atoms. The zero-order valence-electron chi connectivity index (χ0n) is 13.0. The summed E-state index contributed by atoms with van der Waals surface area (Å²) >= 11 is 12.3. The topological polar surface area (TPSA) is 80.2 Å². The Hall–Kier alpha value is -3.14. The van der Waals surface area contributed by atoms with E-state index >= 15 is 0 Å². The fourth-order valence-electron chi connectivity index (χ4n) is 2.78. The molecular weight excluding hydrogens is 375 g/mol. The van der Waals surface area contributed by atoms with Gasteiger partial charge in [-0.15, -0.1) is 0 Å². The number of aromatic nitrogens is 3. The normalized spacial score (nSPS) is 11.0. The Balaban J connectivity index is 2.31. The van der Waals surface area contributed by atoms with Crippen molar-refractivity contribution in [2.24, 2.45) is 0 Å². The first-order valence-corrected chi connectivity index (χ1v) is 8.20. The van der Waals surface area contributed by atoms with Gasteiger partial charge in [0.15, 0.2) is 5.65 Å². The second-order valence-corrected chi connectivity index (χ2v) is 6.25. The van der Waals surface area contributed by atoms with Crippen molar-refractivity contribution in [2.45, 2.75) is 0 Å². The van der Waals surface area contributed by atoms with Gasteiger partial charge in [0.05, 0.1) is 21.1 Å². The predicted molar refractivity (Wildman–Crippen MR) is 99.3 cm³/mol. The van der Waals surface area contributed by atoms with E-state index in [2.05, 4.69) is 4.98 Å². The van der Waals surface area contributed by atoms with Crippen LogP contribution in [0.3, 0.4) is 0 Å². The molecule has 6 nitrogen and oxygen atoms in total. The number of nitriles is 1. The molecule has 0 unspecified atom stereocenters. The summed E-state index contributed by atoms with van der Waals surface area (Å²) in [5.41, 5.74) is -0.498. The molecule has 0 saturated heterocycles. The quantitative estimate of drug-likeness (QED) is 0.473. The fraction of sp³-hybridized carbons (Fsp3) is 0. The summed E-state index contributed by atoms with van der Waals surface area (Å²) < 4.78 is 2.49. The van der Waals surface area contributed by atoms with Gasteiger partial charge in [-0.25, -0.2) is 4.98 Å². The van der Waals surface area contributed by atoms with E-state index in [4.69, 9.17) is 23.2 Å². The van der Waals surface area contributed by atoms with Crippen LogP contribution in [0.4, 0.5) is 0 Å². The van der Waals surface area contributed by atoms with Crippen molar-refractivity contribution in [1.29, 1.82) is 5.26 Å². The molecule has 3 aromatic heterocycles. The minimum absolute atomic E-state index is 0.106. The van der Waals surface area contributed by atoms with Crippen molar-refractivity contribution in [3.63, 3.8) is 0 Å². The molecule has 0 fully saturated rings. The van der Waals surface area contributed by atoms with Crippen molar-refractivity contribution in [3.05, 3.63) is 85.0 Å². The summed E-state index contributed by atoms with van der Waals surface area (Å²) in [6.07, 6.45) is 1.57. The molecule has 126 valence electrons. The van der Waals surface area contributed by atoms with Crippen molar-refractivity contribution in [1.82, 2.24) is 14.0 Å². The van der Waals surface area contributed by atoms with Gasteiger partial charge in [-0.3, -0.25) is 18.6 Å². The molecule has 3 heterocycles. The summed E-state index contributed by atoms with van der Waals surface area (Å²) in [4.78, 5) is 30.1. The minimum atomic E-state index is -0.628. The van der Waals surface area contributed by atoms with Crippen molar-refractivity contribution < 1.29 is 0 Å². The first kappa shape index (κ1) is 16.3. The lowest BCUT2D eigenvalue weighted by Gasteiger charge is -2.13. The summed E-state index contributed by atoms with van der Waals surface area (Å²) in [6.45, 7) is 0. The van der Waals surface area contributed by atoms with Crippen LogP contribution in [0.25, 0.3) is 22.4 Å². The Labute approximate surface area is 156 Å². The maximum absolute atomic E-state index is 12.8. The average molecular weight is 383 g/mol. The second-order valence-electron chi connectivity index (χ2n) is 5.47. The summed E-state index contributed by atoms with van der Waals surface area (Å²) in [5.74, 6) is 0. The van der Waals surface area contributed by atoms with Crippen LogP contribution < -0.4 is 11.1 Å². The lowest BCUT2D eigenvalue weighted by Crippen LogP contribution is -2.26. The van der Waals surface area contributed by atoms with E-state index in [0.29, 0.717) is 5.65 Å². The molecule has 0 aliphatic heterocycles. The van der Waals surface area contributed by atoms with Gasteiger partial charge in [0.1, 0.15) is 17.3 Å². The number of hydrogen-bond acceptors (Lipinski definition) is 4. The first-order chi connectivity index (χ1) is 12.5. The lowest BCUT2D eigenvalue weighted by atomic mass is 10.2. The Kier molecular flexibility index (Phi) is 3.76. The van der Waals surface area contributed by atoms with Gasteiger partial charge in [0.2, 0.25) is 0 Å². The SMILES string of the molecule is N#Cc1cc2c(=O)n3ccccc3nc2n(-c2cccc(Cl)c2Cl)c1=O. The Morgan fingerprint density at radius 3 is 2.62 bits per heavy atom. The van der Waals surface area contributed by atoms with Crippen LogP contribution in [0, 0.1) is 11.3 Å². The standard InChI is InChI=1S/C18H8Cl2N4O2/c19-12-4-3-5-13(15(12)20)24-16-11(8-10(9-21)17(24)25)18(26)23-7-2-1-6-14(23)22-16/h1-8H. The molecular formula is C18H8Cl2N4O2. The highest BCUT2D eigenvalue weighted by Crippen LogP contribution is 2.29. The van der Waals surface area contributed by atoms with E-state index in [-0.39, 0.29) is 32.3 Å². The van der Waals surface area contributed by atoms with E-state index in [1.165, 1.54) is 10.5 Å². The number of pyridine rings is 2. The predicted octanol–water partition coefficient (Wildman–Crippen LogP) is 3.18. The molecule has 1 aromatic carbocycles. The van der Waals surface area contributed by atoms with E-state index in [9.17, 15) is 14.9 Å². The van der Waals surface area contributed by atoms with Crippen LogP contribution >= 0.6 is 23.2 Å². The average Bonchev–Trinajstić information content (AvgIpc) is 2.65. The number of rotatable bonds is 1. The number of benzene rings is 1. The van der Waals surface area contributed by atoms with E-state index < -0.39 is 11.1 Å². The highest BCUT2D eigenvalue weighted by Gasteiger charge is 2.18. The minimum Gasteiger partial charge on any atom is -0.268 e. The largest absolute Gasteiger partial charge is 0.274 e. The highest BCUT2D eigenvalue weighted by atomic mass is 35.5. The van der Waals surface area contributed by atoms with Gasteiger partial charge < -0.3 is 0 Å². The molecule has 8 heteroatoms. The van der Waals surface area contributed by atoms with Crippen LogP contribution in [-0.4, -0.2) is 14.0 Å². The molecule has 0 aliphatic rings. The molecule has 0 saturated carbocycles. The number of fused-ring (bicyclic) bond motifs is 2. The third kappa shape index (κ3) is 2.30. The maximum Gasteiger partial charge on any atom is 0.274 e. The van der Waals surface area contributed by atoms with Gasteiger partial charge in [-0.05, 0) is 30.3 Å². The Morgan fingerprint density at radius 1 is 1.04 bits per heavy atom. The fourth-order valence-corrected chi connectivity index (χ4v) is 3.16. The van der Waals surface area contributed by atoms with Gasteiger partial charge in [0.25, 0.3) is 11.1 Å². The first-order valence-electron chi connectivity index (χ1n) is 7.44. The van der Waals surface area contributed by atoms with Gasteiger partial charge in [-0.2, -0.15) is 5.26 Å². The van der Waals surface area contributed by atoms with Crippen molar-refractivity contribution in [3.8, 4) is 11.8 Å². The molecule has 4 aromatic rings. The van der Waals surface area contributed by atoms with Crippen LogP contribution in [-0.2, 0) is 0 Å². The number of nitrogens with zero attached hydrogens (tertiary/aromatic N) is 4. The number of halogens is 2. The van der Waals surface area contributed by atoms with Crippen molar-refractivity contribution >= 4 is 39.9 Å². The maximum atomic E-state index is 12.8. The van der Waals surface area contributed by atoms with Crippen LogP contribution in [0.5, 0.6) is 0 Å². The van der Waals surface area contributed by atoms with E-state index in [1.54, 1.807) is 42.6 Å². The highest BCUT2D eigenvalue weighted by molar-refractivity contribution is 6.43. The van der Waals surface area contributed by atoms with Crippen LogP contribution in [0.1, 0.15) is 5.56 Å². The summed E-state index contributed by atoms with van der Waals surface area (Å²) in [5, 5.41) is 9.82. The van der Waals surface area contributed by atoms with Crippen molar-refractivity contribution in [2.75, 3.05) is 0 Å². The molecule has 0 atom stereocenters. The van der Waals surface area contributed by atoms with Crippen LogP contribution in [0.2, 0.25) is 10.0 Å². The second kappa shape index (κ2) is 5.99. The van der Waals surface area contributed by atoms with Gasteiger partial charge >= 0.3 is 0 Å². The van der Waals surface area contributed by atoms with Gasteiger partial charge in [-0.1, -0.05) is 35.3 Å². The Morgan fingerprint density at radius 2 is 1.85 bits per heavy atom. The monoisotopic (exact) mass is 382 g/mol. The molecule has 0 N–H and O–H groups in total. The van der Waals surface area contributed by atoms with Gasteiger partial charge in [0, 0.05) is 6.20 Å². The molecule has 26 heavy (non-hydrogen) atoms. The smallest absolute Gasteiger partial charge is 0.268 e. The molecule has 0 aliphatic carbocycles. The zero-order valence-corrected chi connectivity index (χ0v) is 14.5. The Bertz CT molecular complexity index is 1370. The summed E-state index contributed by atoms with van der Waals surface area (Å²) in [6, 6.07) is 12.9. The molecule has 0 spiro atoms. The zero-order chi connectivity index (χ0) is 18.4. The third-order valence-corrected chi connectivity index (χ3v) is 4.78. The molecule has 0 radical (unpaired) electrons. The summed E-state index contributed by atoms with van der Waals surface area (Å²) in [7, 11) is 0. The number of hydrogen-bond donors (Lipinski definition) is 0. The van der Waals surface area contributed by atoms with E-state index in [0.717, 1.165) is 4.57 Å². The lowest BCUT2D eigenvalue weighted by molar-refractivity contribution is 0.984. The third-order valence-electron chi connectivity index (χ3n) is 3.98.